The molecule has 2 aliphatic rings. The molecule has 108 valence electrons. The van der Waals surface area contributed by atoms with E-state index in [2.05, 4.69) is 23.2 Å². The lowest BCUT2D eigenvalue weighted by molar-refractivity contribution is 0.151. The molecule has 0 bridgehead atoms. The Bertz CT molecular complexity index is 584. The Labute approximate surface area is 126 Å². The highest BCUT2D eigenvalue weighted by Crippen LogP contribution is 2.31. The number of nitrogens with zero attached hydrogens (tertiary/aromatic N) is 1. The highest BCUT2D eigenvalue weighted by molar-refractivity contribution is 5.40. The van der Waals surface area contributed by atoms with E-state index in [0.717, 1.165) is 11.1 Å². The summed E-state index contributed by atoms with van der Waals surface area (Å²) in [7, 11) is 0. The highest BCUT2D eigenvalue weighted by Gasteiger charge is 2.40. The molecule has 0 radical (unpaired) electrons. The summed E-state index contributed by atoms with van der Waals surface area (Å²) in [5.41, 5.74) is 2.14. The van der Waals surface area contributed by atoms with Crippen LogP contribution < -0.4 is 5.32 Å². The van der Waals surface area contributed by atoms with Gasteiger partial charge in [0.2, 0.25) is 0 Å². The summed E-state index contributed by atoms with van der Waals surface area (Å²) in [6, 6.07) is 10.2. The van der Waals surface area contributed by atoms with Gasteiger partial charge < -0.3 is 5.11 Å². The van der Waals surface area contributed by atoms with Crippen molar-refractivity contribution >= 4 is 0 Å². The first kappa shape index (κ1) is 14.1. The van der Waals surface area contributed by atoms with Crippen LogP contribution in [0.4, 0.5) is 0 Å². The van der Waals surface area contributed by atoms with Crippen LogP contribution in [0.15, 0.2) is 24.3 Å². The molecule has 1 aromatic rings. The number of hydrogen-bond acceptors (Lipinski definition) is 3. The molecule has 1 aliphatic heterocycles. The van der Waals surface area contributed by atoms with Gasteiger partial charge in [-0.05, 0) is 30.5 Å². The van der Waals surface area contributed by atoms with Gasteiger partial charge in [0.05, 0.1) is 12.7 Å². The lowest BCUT2D eigenvalue weighted by Crippen LogP contribution is -2.60. The number of nitriles is 1. The zero-order chi connectivity index (χ0) is 14.7. The molecule has 0 amide bonds. The van der Waals surface area contributed by atoms with Gasteiger partial charge in [-0.3, -0.25) is 5.32 Å². The minimum absolute atomic E-state index is 0.00919. The Morgan fingerprint density at radius 3 is 2.52 bits per heavy atom. The topological polar surface area (TPSA) is 56.0 Å². The van der Waals surface area contributed by atoms with Crippen LogP contribution in [0, 0.1) is 29.1 Å². The van der Waals surface area contributed by atoms with E-state index in [-0.39, 0.29) is 24.6 Å². The molecule has 1 heterocycles. The smallest absolute Gasteiger partial charge is 0.104 e. The first-order valence-corrected chi connectivity index (χ1v) is 7.70. The van der Waals surface area contributed by atoms with Crippen LogP contribution in [0.2, 0.25) is 0 Å². The predicted octanol–water partition coefficient (Wildman–Crippen LogP) is 2.17. The number of benzene rings is 1. The van der Waals surface area contributed by atoms with Crippen molar-refractivity contribution in [2.75, 3.05) is 6.61 Å². The Balaban J connectivity index is 1.70. The monoisotopic (exact) mass is 280 g/mol. The number of rotatable bonds is 2. The maximum atomic E-state index is 9.30. The van der Waals surface area contributed by atoms with Crippen LogP contribution in [0.25, 0.3) is 0 Å². The van der Waals surface area contributed by atoms with E-state index in [4.69, 9.17) is 5.26 Å². The van der Waals surface area contributed by atoms with E-state index in [1.54, 1.807) is 0 Å². The van der Waals surface area contributed by atoms with Crippen LogP contribution in [-0.2, 0) is 0 Å². The Morgan fingerprint density at radius 1 is 1.19 bits per heavy atom. The molecule has 1 saturated heterocycles. The molecule has 0 aromatic heterocycles. The van der Waals surface area contributed by atoms with Gasteiger partial charge in [-0.15, -0.1) is 0 Å². The Hall–Kier alpha value is -1.81. The molecule has 0 spiro atoms. The molecule has 3 atom stereocenters. The molecular formula is C18H20N2O. The van der Waals surface area contributed by atoms with E-state index in [0.29, 0.717) is 5.92 Å². The van der Waals surface area contributed by atoms with Gasteiger partial charge in [0, 0.05) is 23.4 Å². The van der Waals surface area contributed by atoms with Gasteiger partial charge >= 0.3 is 0 Å². The van der Waals surface area contributed by atoms with Crippen LogP contribution in [-0.4, -0.2) is 23.8 Å². The van der Waals surface area contributed by atoms with Gasteiger partial charge in [-0.1, -0.05) is 36.8 Å². The number of hydrogen-bond donors (Lipinski definition) is 2. The second-order valence-corrected chi connectivity index (χ2v) is 5.96. The first-order valence-electron chi connectivity index (χ1n) is 7.70. The Morgan fingerprint density at radius 2 is 1.90 bits per heavy atom. The second-order valence-electron chi connectivity index (χ2n) is 5.96. The van der Waals surface area contributed by atoms with Crippen molar-refractivity contribution in [3.8, 4) is 17.9 Å². The van der Waals surface area contributed by atoms with Gasteiger partial charge in [-0.2, -0.15) is 5.26 Å². The van der Waals surface area contributed by atoms with Crippen molar-refractivity contribution in [1.82, 2.24) is 5.32 Å². The fourth-order valence-corrected chi connectivity index (χ4v) is 3.30. The van der Waals surface area contributed by atoms with Crippen LogP contribution >= 0.6 is 0 Å². The van der Waals surface area contributed by atoms with E-state index in [1.165, 1.54) is 25.7 Å². The average Bonchev–Trinajstić information content (AvgIpc) is 3.00. The van der Waals surface area contributed by atoms with E-state index in [9.17, 15) is 5.11 Å². The van der Waals surface area contributed by atoms with Crippen molar-refractivity contribution in [3.63, 3.8) is 0 Å². The molecule has 1 saturated carbocycles. The predicted molar refractivity (Wildman–Crippen MR) is 81.4 cm³/mol. The fourth-order valence-electron chi connectivity index (χ4n) is 3.30. The molecule has 3 nitrogen and oxygen atoms in total. The molecule has 3 rings (SSSR count). The zero-order valence-corrected chi connectivity index (χ0v) is 12.0. The molecule has 21 heavy (non-hydrogen) atoms. The van der Waals surface area contributed by atoms with E-state index < -0.39 is 0 Å². The van der Waals surface area contributed by atoms with Crippen molar-refractivity contribution in [2.45, 2.75) is 43.7 Å². The van der Waals surface area contributed by atoms with E-state index in [1.807, 2.05) is 24.3 Å². The summed E-state index contributed by atoms with van der Waals surface area (Å²) >= 11 is 0. The summed E-state index contributed by atoms with van der Waals surface area (Å²) in [5.74, 6) is 7.27. The van der Waals surface area contributed by atoms with Crippen LogP contribution in [0.5, 0.6) is 0 Å². The van der Waals surface area contributed by atoms with Gasteiger partial charge in [0.15, 0.2) is 0 Å². The van der Waals surface area contributed by atoms with Crippen molar-refractivity contribution in [2.24, 2.45) is 5.92 Å². The summed E-state index contributed by atoms with van der Waals surface area (Å²) in [5, 5.41) is 21.4. The lowest BCUT2D eigenvalue weighted by Gasteiger charge is -2.41. The molecule has 2 fully saturated rings. The van der Waals surface area contributed by atoms with Crippen molar-refractivity contribution < 1.29 is 5.11 Å². The summed E-state index contributed by atoms with van der Waals surface area (Å²) < 4.78 is 0. The number of nitrogens with one attached hydrogen (secondary N) is 1. The molecule has 2 N–H and O–H groups in total. The fraction of sp³-hybridized carbons (Fsp3) is 0.500. The van der Waals surface area contributed by atoms with Crippen molar-refractivity contribution in [3.05, 3.63) is 35.4 Å². The van der Waals surface area contributed by atoms with Gasteiger partial charge in [-0.25, -0.2) is 0 Å². The molecule has 1 aliphatic carbocycles. The average molecular weight is 280 g/mol. The molecule has 0 unspecified atom stereocenters. The van der Waals surface area contributed by atoms with Gasteiger partial charge in [0.25, 0.3) is 0 Å². The third-order valence-corrected chi connectivity index (χ3v) is 4.59. The van der Waals surface area contributed by atoms with Crippen LogP contribution in [0.3, 0.4) is 0 Å². The summed E-state index contributed by atoms with van der Waals surface area (Å²) in [4.78, 5) is 0. The normalized spacial score (nSPS) is 28.3. The quantitative estimate of drug-likeness (QED) is 0.816. The summed E-state index contributed by atoms with van der Waals surface area (Å²) in [6.45, 7) is 0.0616. The third kappa shape index (κ3) is 2.95. The second kappa shape index (κ2) is 6.31. The molecule has 1 aromatic carbocycles. The van der Waals surface area contributed by atoms with Gasteiger partial charge in [0.1, 0.15) is 6.04 Å². The minimum atomic E-state index is -0.197. The third-order valence-electron chi connectivity index (χ3n) is 4.59. The highest BCUT2D eigenvalue weighted by atomic mass is 16.3. The standard InChI is InChI=1S/C18H20N2O/c19-11-16-18(17(12-21)20-16)15-9-7-14(8-10-15)6-5-13-3-1-2-4-13/h7-10,13,16-18,20-21H,1-4,12H2/t16-,17-,18+/m0/s1. The first-order chi connectivity index (χ1) is 10.3. The zero-order valence-electron chi connectivity index (χ0n) is 12.0. The number of aliphatic hydroxyl groups is 1. The maximum Gasteiger partial charge on any atom is 0.104 e. The number of aliphatic hydroxyl groups excluding tert-OH is 1. The lowest BCUT2D eigenvalue weighted by atomic mass is 9.78. The largest absolute Gasteiger partial charge is 0.395 e. The SMILES string of the molecule is N#C[C@@H]1N[C@@H](CO)[C@@H]1c1ccc(C#CC2CCCC2)cc1. The van der Waals surface area contributed by atoms with Crippen LogP contribution in [0.1, 0.15) is 42.7 Å². The molecule has 3 heteroatoms. The van der Waals surface area contributed by atoms with Crippen molar-refractivity contribution in [1.29, 1.82) is 5.26 Å². The maximum absolute atomic E-state index is 9.30. The Kier molecular flexibility index (Phi) is 4.25. The minimum Gasteiger partial charge on any atom is -0.395 e. The van der Waals surface area contributed by atoms with E-state index >= 15 is 0 Å². The molecular weight excluding hydrogens is 260 g/mol. The summed E-state index contributed by atoms with van der Waals surface area (Å²) in [6.07, 6.45) is 5.10.